The summed E-state index contributed by atoms with van der Waals surface area (Å²) in [6.07, 6.45) is 2.11. The molecular formula is C20H16FNO3. The average molecular weight is 337 g/mol. The van der Waals surface area contributed by atoms with Gasteiger partial charge in [0, 0.05) is 35.4 Å². The number of Topliss-reactive ketones (excluding diaryl/α,β-unsaturated/α-hetero) is 1. The van der Waals surface area contributed by atoms with E-state index in [2.05, 4.69) is 5.32 Å². The van der Waals surface area contributed by atoms with Gasteiger partial charge in [0.25, 0.3) is 0 Å². The predicted molar refractivity (Wildman–Crippen MR) is 90.3 cm³/mol. The van der Waals surface area contributed by atoms with E-state index in [1.807, 2.05) is 12.1 Å². The zero-order valence-corrected chi connectivity index (χ0v) is 13.5. The van der Waals surface area contributed by atoms with E-state index in [1.54, 1.807) is 18.2 Å². The summed E-state index contributed by atoms with van der Waals surface area (Å²) >= 11 is 0. The first-order valence-corrected chi connectivity index (χ1v) is 8.43. The first-order chi connectivity index (χ1) is 12.2. The van der Waals surface area contributed by atoms with Crippen LogP contribution in [0.15, 0.2) is 47.7 Å². The van der Waals surface area contributed by atoms with Gasteiger partial charge in [0.15, 0.2) is 17.3 Å². The van der Waals surface area contributed by atoms with Crippen molar-refractivity contribution in [3.8, 4) is 11.5 Å². The number of hydrogen-bond acceptors (Lipinski definition) is 4. The van der Waals surface area contributed by atoms with Gasteiger partial charge in [-0.25, -0.2) is 4.39 Å². The molecule has 3 aliphatic rings. The largest absolute Gasteiger partial charge is 0.454 e. The Morgan fingerprint density at radius 2 is 1.84 bits per heavy atom. The van der Waals surface area contributed by atoms with Gasteiger partial charge in [-0.3, -0.25) is 4.79 Å². The van der Waals surface area contributed by atoms with E-state index >= 15 is 0 Å². The van der Waals surface area contributed by atoms with Crippen molar-refractivity contribution in [3.63, 3.8) is 0 Å². The smallest absolute Gasteiger partial charge is 0.231 e. The molecule has 0 amide bonds. The van der Waals surface area contributed by atoms with Crippen LogP contribution in [0.3, 0.4) is 0 Å². The highest BCUT2D eigenvalue weighted by Crippen LogP contribution is 2.49. The molecule has 2 aromatic rings. The van der Waals surface area contributed by atoms with Crippen LogP contribution in [-0.2, 0) is 4.79 Å². The number of carbonyl (C=O) groups is 1. The molecule has 0 saturated carbocycles. The highest BCUT2D eigenvalue weighted by Gasteiger charge is 2.37. The number of carbonyl (C=O) groups excluding carboxylic acids is 1. The number of anilines is 1. The van der Waals surface area contributed by atoms with Crippen LogP contribution in [0, 0.1) is 5.82 Å². The van der Waals surface area contributed by atoms with Crippen molar-refractivity contribution in [1.29, 1.82) is 0 Å². The Morgan fingerprint density at radius 1 is 1.04 bits per heavy atom. The van der Waals surface area contributed by atoms with Crippen LogP contribution in [0.1, 0.15) is 36.3 Å². The van der Waals surface area contributed by atoms with Gasteiger partial charge in [-0.1, -0.05) is 18.2 Å². The van der Waals surface area contributed by atoms with Gasteiger partial charge in [-0.15, -0.1) is 0 Å². The number of allylic oxidation sites excluding steroid dienone is 2. The van der Waals surface area contributed by atoms with Crippen molar-refractivity contribution in [3.05, 3.63) is 64.6 Å². The van der Waals surface area contributed by atoms with Crippen LogP contribution in [-0.4, -0.2) is 12.6 Å². The second kappa shape index (κ2) is 5.34. The molecule has 0 radical (unpaired) electrons. The fourth-order valence-corrected chi connectivity index (χ4v) is 3.98. The van der Waals surface area contributed by atoms with Crippen molar-refractivity contribution in [1.82, 2.24) is 0 Å². The van der Waals surface area contributed by atoms with Gasteiger partial charge in [0.1, 0.15) is 5.82 Å². The van der Waals surface area contributed by atoms with Crippen LogP contribution < -0.4 is 14.8 Å². The third kappa shape index (κ3) is 2.15. The summed E-state index contributed by atoms with van der Waals surface area (Å²) in [6.45, 7) is 0.175. The zero-order chi connectivity index (χ0) is 17.0. The predicted octanol–water partition coefficient (Wildman–Crippen LogP) is 4.12. The number of fused-ring (bicyclic) bond motifs is 2. The maximum atomic E-state index is 14.6. The number of nitrogens with one attached hydrogen (secondary N) is 1. The van der Waals surface area contributed by atoms with Crippen molar-refractivity contribution in [2.45, 2.75) is 25.2 Å². The number of hydrogen-bond donors (Lipinski definition) is 1. The molecule has 0 aromatic heterocycles. The van der Waals surface area contributed by atoms with E-state index in [0.717, 1.165) is 29.8 Å². The molecule has 126 valence electrons. The summed E-state index contributed by atoms with van der Waals surface area (Å²) in [6, 6.07) is 10.4. The lowest BCUT2D eigenvalue weighted by molar-refractivity contribution is -0.116. The van der Waals surface area contributed by atoms with Crippen molar-refractivity contribution >= 4 is 11.5 Å². The normalized spacial score (nSPS) is 20.8. The molecule has 2 heterocycles. The Labute approximate surface area is 144 Å². The number of benzene rings is 2. The molecule has 2 aliphatic heterocycles. The van der Waals surface area contributed by atoms with Gasteiger partial charge in [-0.05, 0) is 36.1 Å². The highest BCUT2D eigenvalue weighted by atomic mass is 19.1. The molecule has 25 heavy (non-hydrogen) atoms. The molecule has 0 spiro atoms. The minimum Gasteiger partial charge on any atom is -0.454 e. The van der Waals surface area contributed by atoms with Crippen molar-refractivity contribution in [2.75, 3.05) is 12.1 Å². The summed E-state index contributed by atoms with van der Waals surface area (Å²) in [4.78, 5) is 12.7. The maximum Gasteiger partial charge on any atom is 0.231 e. The summed E-state index contributed by atoms with van der Waals surface area (Å²) in [5, 5.41) is 3.38. The van der Waals surface area contributed by atoms with Gasteiger partial charge >= 0.3 is 0 Å². The van der Waals surface area contributed by atoms with E-state index in [9.17, 15) is 9.18 Å². The third-order valence-corrected chi connectivity index (χ3v) is 5.10. The Hall–Kier alpha value is -2.82. The Kier molecular flexibility index (Phi) is 3.10. The van der Waals surface area contributed by atoms with Gasteiger partial charge < -0.3 is 14.8 Å². The van der Waals surface area contributed by atoms with Crippen molar-refractivity contribution < 1.29 is 18.7 Å². The molecule has 2 aromatic carbocycles. The monoisotopic (exact) mass is 337 g/mol. The minimum atomic E-state index is -0.422. The molecule has 0 bridgehead atoms. The first-order valence-electron chi connectivity index (χ1n) is 8.43. The number of ketones is 1. The second-order valence-corrected chi connectivity index (χ2v) is 6.54. The van der Waals surface area contributed by atoms with Gasteiger partial charge in [0.2, 0.25) is 6.79 Å². The number of halogens is 1. The molecule has 1 atom stereocenters. The van der Waals surface area contributed by atoms with Gasteiger partial charge in [0.05, 0.1) is 0 Å². The molecule has 0 fully saturated rings. The second-order valence-electron chi connectivity index (χ2n) is 6.54. The van der Waals surface area contributed by atoms with E-state index in [-0.39, 0.29) is 18.4 Å². The Bertz CT molecular complexity index is 935. The first kappa shape index (κ1) is 14.5. The minimum absolute atomic E-state index is 0.0883. The topological polar surface area (TPSA) is 47.6 Å². The van der Waals surface area contributed by atoms with Crippen LogP contribution in [0.2, 0.25) is 0 Å². The lowest BCUT2D eigenvalue weighted by atomic mass is 9.75. The SMILES string of the molecule is O=C1CCCC2=C1C(c1ccccc1F)c1cc3c(cc1N2)OCO3. The fourth-order valence-electron chi connectivity index (χ4n) is 3.98. The number of ether oxygens (including phenoxy) is 2. The van der Waals surface area contributed by atoms with Crippen LogP contribution in [0.5, 0.6) is 11.5 Å². The fraction of sp³-hybridized carbons (Fsp3) is 0.250. The Balaban J connectivity index is 1.77. The molecule has 1 unspecified atom stereocenters. The summed E-state index contributed by atoms with van der Waals surface area (Å²) in [5.74, 6) is 0.669. The lowest BCUT2D eigenvalue weighted by Crippen LogP contribution is -2.27. The zero-order valence-electron chi connectivity index (χ0n) is 13.5. The molecule has 4 nitrogen and oxygen atoms in total. The summed E-state index contributed by atoms with van der Waals surface area (Å²) < 4.78 is 25.6. The summed E-state index contributed by atoms with van der Waals surface area (Å²) in [5.41, 5.74) is 3.81. The molecular weight excluding hydrogens is 321 g/mol. The lowest BCUT2D eigenvalue weighted by Gasteiger charge is -2.34. The highest BCUT2D eigenvalue weighted by molar-refractivity contribution is 6.01. The Morgan fingerprint density at radius 3 is 2.68 bits per heavy atom. The molecule has 0 saturated heterocycles. The molecule has 5 heteroatoms. The van der Waals surface area contributed by atoms with E-state index < -0.39 is 5.92 Å². The van der Waals surface area contributed by atoms with Crippen molar-refractivity contribution in [2.24, 2.45) is 0 Å². The van der Waals surface area contributed by atoms with E-state index in [1.165, 1.54) is 6.07 Å². The van der Waals surface area contributed by atoms with Crippen LogP contribution in [0.25, 0.3) is 0 Å². The average Bonchev–Trinajstić information content (AvgIpc) is 3.06. The van der Waals surface area contributed by atoms with Gasteiger partial charge in [-0.2, -0.15) is 0 Å². The van der Waals surface area contributed by atoms with Crippen LogP contribution >= 0.6 is 0 Å². The van der Waals surface area contributed by atoms with E-state index in [4.69, 9.17) is 9.47 Å². The van der Waals surface area contributed by atoms with E-state index in [0.29, 0.717) is 29.1 Å². The standard InChI is InChI=1S/C20H16FNO3/c21-13-5-2-1-4-11(13)19-12-8-17-18(25-10-24-17)9-15(12)22-14-6-3-7-16(23)20(14)19/h1-2,4-5,8-9,19,22H,3,6-7,10H2. The number of rotatable bonds is 1. The molecule has 1 aliphatic carbocycles. The summed E-state index contributed by atoms with van der Waals surface area (Å²) in [7, 11) is 0. The molecule has 1 N–H and O–H groups in total. The maximum absolute atomic E-state index is 14.6. The molecule has 5 rings (SSSR count). The third-order valence-electron chi connectivity index (χ3n) is 5.10. The van der Waals surface area contributed by atoms with Crippen LogP contribution in [0.4, 0.5) is 10.1 Å². The quantitative estimate of drug-likeness (QED) is 0.850.